The minimum atomic E-state index is 0.00565. The molecule has 98 valence electrons. The molecule has 3 nitrogen and oxygen atoms in total. The van der Waals surface area contributed by atoms with Crippen LogP contribution >= 0.6 is 0 Å². The molecule has 3 heteroatoms. The summed E-state index contributed by atoms with van der Waals surface area (Å²) in [4.78, 5) is 18.3. The molecule has 0 bridgehead atoms. The molecule has 0 unspecified atom stereocenters. The van der Waals surface area contributed by atoms with E-state index >= 15 is 0 Å². The van der Waals surface area contributed by atoms with E-state index in [9.17, 15) is 4.79 Å². The number of imidazole rings is 1. The van der Waals surface area contributed by atoms with Crippen molar-refractivity contribution in [1.82, 2.24) is 9.97 Å². The Labute approximate surface area is 117 Å². The third-order valence-corrected chi connectivity index (χ3v) is 3.28. The molecular formula is C17H14N2O. The van der Waals surface area contributed by atoms with Gasteiger partial charge >= 0.3 is 0 Å². The average molecular weight is 262 g/mol. The third-order valence-electron chi connectivity index (χ3n) is 3.28. The van der Waals surface area contributed by atoms with E-state index in [2.05, 4.69) is 34.2 Å². The Kier molecular flexibility index (Phi) is 3.42. The van der Waals surface area contributed by atoms with Gasteiger partial charge in [-0.25, -0.2) is 4.98 Å². The van der Waals surface area contributed by atoms with Crippen molar-refractivity contribution in [3.05, 3.63) is 89.5 Å². The molecule has 0 spiro atoms. The summed E-state index contributed by atoms with van der Waals surface area (Å²) >= 11 is 0. The molecule has 0 saturated carbocycles. The molecule has 0 aliphatic rings. The second kappa shape index (κ2) is 5.53. The molecule has 0 radical (unpaired) electrons. The molecule has 1 heterocycles. The Morgan fingerprint density at radius 2 is 1.45 bits per heavy atom. The van der Waals surface area contributed by atoms with Gasteiger partial charge in [-0.05, 0) is 11.1 Å². The van der Waals surface area contributed by atoms with Crippen LogP contribution in [0.5, 0.6) is 0 Å². The van der Waals surface area contributed by atoms with E-state index in [4.69, 9.17) is 0 Å². The first-order valence-corrected chi connectivity index (χ1v) is 6.48. The first-order valence-electron chi connectivity index (χ1n) is 6.48. The molecule has 1 aromatic heterocycles. The number of nitrogens with zero attached hydrogens (tertiary/aromatic N) is 1. The molecule has 20 heavy (non-hydrogen) atoms. The zero-order valence-electron chi connectivity index (χ0n) is 10.9. The SMILES string of the molecule is O=Cc1cnc(C(c2ccccc2)c2ccccc2)[nH]1. The zero-order chi connectivity index (χ0) is 13.8. The van der Waals surface area contributed by atoms with Gasteiger partial charge in [0.05, 0.1) is 17.8 Å². The van der Waals surface area contributed by atoms with E-state index in [-0.39, 0.29) is 5.92 Å². The molecule has 0 amide bonds. The van der Waals surface area contributed by atoms with E-state index < -0.39 is 0 Å². The number of nitrogens with one attached hydrogen (secondary N) is 1. The second-order valence-corrected chi connectivity index (χ2v) is 4.60. The predicted octanol–water partition coefficient (Wildman–Crippen LogP) is 3.40. The molecule has 0 aliphatic carbocycles. The van der Waals surface area contributed by atoms with Gasteiger partial charge in [-0.3, -0.25) is 4.79 Å². The molecule has 0 aliphatic heterocycles. The summed E-state index contributed by atoms with van der Waals surface area (Å²) in [5.74, 6) is 0.788. The minimum Gasteiger partial charge on any atom is -0.339 e. The Morgan fingerprint density at radius 1 is 0.900 bits per heavy atom. The third kappa shape index (κ3) is 2.38. The lowest BCUT2D eigenvalue weighted by molar-refractivity contribution is 0.111. The van der Waals surface area contributed by atoms with Crippen molar-refractivity contribution in [3.8, 4) is 0 Å². The van der Waals surface area contributed by atoms with Gasteiger partial charge in [0, 0.05) is 0 Å². The van der Waals surface area contributed by atoms with Crippen LogP contribution in [0, 0.1) is 0 Å². The van der Waals surface area contributed by atoms with Crippen LogP contribution < -0.4 is 0 Å². The van der Waals surface area contributed by atoms with E-state index in [1.54, 1.807) is 6.20 Å². The number of hydrogen-bond donors (Lipinski definition) is 1. The molecule has 3 rings (SSSR count). The van der Waals surface area contributed by atoms with Gasteiger partial charge in [-0.2, -0.15) is 0 Å². The fraction of sp³-hybridized carbons (Fsp3) is 0.0588. The number of hydrogen-bond acceptors (Lipinski definition) is 2. The van der Waals surface area contributed by atoms with Crippen LogP contribution in [0.1, 0.15) is 33.4 Å². The maximum Gasteiger partial charge on any atom is 0.167 e. The smallest absolute Gasteiger partial charge is 0.167 e. The lowest BCUT2D eigenvalue weighted by atomic mass is 9.91. The van der Waals surface area contributed by atoms with Crippen molar-refractivity contribution in [1.29, 1.82) is 0 Å². The van der Waals surface area contributed by atoms with Gasteiger partial charge in [0.25, 0.3) is 0 Å². The van der Waals surface area contributed by atoms with Gasteiger partial charge in [0.1, 0.15) is 5.82 Å². The second-order valence-electron chi connectivity index (χ2n) is 4.60. The Morgan fingerprint density at radius 3 is 1.90 bits per heavy atom. The summed E-state index contributed by atoms with van der Waals surface area (Å²) in [7, 11) is 0. The predicted molar refractivity (Wildman–Crippen MR) is 77.8 cm³/mol. The average Bonchev–Trinajstić information content (AvgIpc) is 2.98. The van der Waals surface area contributed by atoms with Crippen LogP contribution in [0.25, 0.3) is 0 Å². The number of aromatic nitrogens is 2. The van der Waals surface area contributed by atoms with Crippen molar-refractivity contribution in [2.24, 2.45) is 0 Å². The van der Waals surface area contributed by atoms with Gasteiger partial charge in [-0.1, -0.05) is 60.7 Å². The van der Waals surface area contributed by atoms with Crippen molar-refractivity contribution in [3.63, 3.8) is 0 Å². The summed E-state index contributed by atoms with van der Waals surface area (Å²) < 4.78 is 0. The molecule has 3 aromatic rings. The lowest BCUT2D eigenvalue weighted by Gasteiger charge is -2.15. The van der Waals surface area contributed by atoms with Crippen molar-refractivity contribution in [2.45, 2.75) is 5.92 Å². The van der Waals surface area contributed by atoms with Gasteiger partial charge in [-0.15, -0.1) is 0 Å². The number of rotatable bonds is 4. The molecular weight excluding hydrogens is 248 g/mol. The standard InChI is InChI=1S/C17H14N2O/c20-12-15-11-18-17(19-15)16(13-7-3-1-4-8-13)14-9-5-2-6-10-14/h1-12,16H,(H,18,19). The van der Waals surface area contributed by atoms with Crippen LogP contribution in [0.2, 0.25) is 0 Å². The molecule has 0 saturated heterocycles. The number of aldehydes is 1. The van der Waals surface area contributed by atoms with E-state index in [0.29, 0.717) is 5.69 Å². The fourth-order valence-electron chi connectivity index (χ4n) is 2.36. The van der Waals surface area contributed by atoms with E-state index in [1.807, 2.05) is 36.4 Å². The minimum absolute atomic E-state index is 0.00565. The molecule has 2 aromatic carbocycles. The number of benzene rings is 2. The Bertz CT molecular complexity index is 650. The van der Waals surface area contributed by atoms with Crippen LogP contribution in [0.15, 0.2) is 66.9 Å². The van der Waals surface area contributed by atoms with Crippen LogP contribution in [0.4, 0.5) is 0 Å². The van der Waals surface area contributed by atoms with Crippen molar-refractivity contribution >= 4 is 6.29 Å². The van der Waals surface area contributed by atoms with Crippen LogP contribution in [0.3, 0.4) is 0 Å². The molecule has 1 N–H and O–H groups in total. The maximum absolute atomic E-state index is 10.8. The summed E-state index contributed by atoms with van der Waals surface area (Å²) in [6.45, 7) is 0. The van der Waals surface area contributed by atoms with Gasteiger partial charge in [0.15, 0.2) is 6.29 Å². The topological polar surface area (TPSA) is 45.8 Å². The molecule has 0 fully saturated rings. The maximum atomic E-state index is 10.8. The summed E-state index contributed by atoms with van der Waals surface area (Å²) in [6, 6.07) is 20.3. The number of aromatic amines is 1. The Balaban J connectivity index is 2.11. The van der Waals surface area contributed by atoms with Crippen LogP contribution in [-0.4, -0.2) is 16.3 Å². The highest BCUT2D eigenvalue weighted by Crippen LogP contribution is 2.29. The molecule has 0 atom stereocenters. The highest BCUT2D eigenvalue weighted by molar-refractivity contribution is 5.71. The summed E-state index contributed by atoms with van der Waals surface area (Å²) in [6.07, 6.45) is 2.35. The number of carbonyl (C=O) groups is 1. The fourth-order valence-corrected chi connectivity index (χ4v) is 2.36. The van der Waals surface area contributed by atoms with E-state index in [0.717, 1.165) is 23.2 Å². The van der Waals surface area contributed by atoms with Crippen LogP contribution in [-0.2, 0) is 0 Å². The van der Waals surface area contributed by atoms with Gasteiger partial charge in [0.2, 0.25) is 0 Å². The summed E-state index contributed by atoms with van der Waals surface area (Å²) in [5.41, 5.74) is 2.79. The largest absolute Gasteiger partial charge is 0.339 e. The Hall–Kier alpha value is -2.68. The first kappa shape index (κ1) is 12.4. The van der Waals surface area contributed by atoms with Gasteiger partial charge < -0.3 is 4.98 Å². The quantitative estimate of drug-likeness (QED) is 0.732. The lowest BCUT2D eigenvalue weighted by Crippen LogP contribution is -2.05. The van der Waals surface area contributed by atoms with E-state index in [1.165, 1.54) is 0 Å². The highest BCUT2D eigenvalue weighted by atomic mass is 16.1. The normalized spacial score (nSPS) is 10.7. The monoisotopic (exact) mass is 262 g/mol. The highest BCUT2D eigenvalue weighted by Gasteiger charge is 2.19. The summed E-state index contributed by atoms with van der Waals surface area (Å²) in [5, 5.41) is 0. The zero-order valence-corrected chi connectivity index (χ0v) is 10.9. The van der Waals surface area contributed by atoms with Crippen molar-refractivity contribution in [2.75, 3.05) is 0 Å². The number of H-pyrrole nitrogens is 1. The van der Waals surface area contributed by atoms with Crippen molar-refractivity contribution < 1.29 is 4.79 Å². The number of carbonyl (C=O) groups excluding carboxylic acids is 1. The first-order chi connectivity index (χ1) is 9.88.